The molecule has 1 aliphatic rings. The maximum Gasteiger partial charge on any atom is 0.261 e. The fraction of sp³-hybridized carbons (Fsp3) is 0.316. The molecule has 126 valence electrons. The number of nitrogens with one attached hydrogen (secondary N) is 1. The number of carbonyl (C=O) groups is 1. The van der Waals surface area contributed by atoms with Gasteiger partial charge in [-0.3, -0.25) is 4.79 Å². The van der Waals surface area contributed by atoms with E-state index >= 15 is 0 Å². The van der Waals surface area contributed by atoms with Crippen LogP contribution in [0.1, 0.15) is 23.6 Å². The van der Waals surface area contributed by atoms with Crippen LogP contribution in [-0.4, -0.2) is 18.8 Å². The molecule has 1 atom stereocenters. The molecule has 3 rings (SSSR count). The molecule has 24 heavy (non-hydrogen) atoms. The zero-order chi connectivity index (χ0) is 17.1. The topological polar surface area (TPSA) is 56.8 Å². The van der Waals surface area contributed by atoms with Crippen molar-refractivity contribution in [3.63, 3.8) is 0 Å². The summed E-state index contributed by atoms with van der Waals surface area (Å²) in [5.74, 6) is 2.02. The Morgan fingerprint density at radius 3 is 2.79 bits per heavy atom. The molecule has 0 fully saturated rings. The van der Waals surface area contributed by atoms with Gasteiger partial charge in [0.2, 0.25) is 6.79 Å². The summed E-state index contributed by atoms with van der Waals surface area (Å²) in [5, 5.41) is 2.88. The predicted octanol–water partition coefficient (Wildman–Crippen LogP) is 3.12. The van der Waals surface area contributed by atoms with E-state index in [-0.39, 0.29) is 12.7 Å². The fourth-order valence-electron chi connectivity index (χ4n) is 2.46. The van der Waals surface area contributed by atoms with E-state index < -0.39 is 6.10 Å². The molecular weight excluding hydrogens is 306 g/mol. The van der Waals surface area contributed by atoms with Crippen molar-refractivity contribution in [1.82, 2.24) is 5.32 Å². The number of amides is 1. The molecular formula is C19H21NO4. The zero-order valence-corrected chi connectivity index (χ0v) is 14.1. The van der Waals surface area contributed by atoms with Crippen molar-refractivity contribution in [3.8, 4) is 17.2 Å². The van der Waals surface area contributed by atoms with Gasteiger partial charge < -0.3 is 19.5 Å². The van der Waals surface area contributed by atoms with Crippen LogP contribution in [0.15, 0.2) is 36.4 Å². The maximum absolute atomic E-state index is 12.3. The molecule has 1 heterocycles. The minimum absolute atomic E-state index is 0.159. The summed E-state index contributed by atoms with van der Waals surface area (Å²) in [7, 11) is 0. The van der Waals surface area contributed by atoms with E-state index in [4.69, 9.17) is 14.2 Å². The van der Waals surface area contributed by atoms with Crippen molar-refractivity contribution < 1.29 is 19.0 Å². The number of aryl methyl sites for hydroxylation is 2. The van der Waals surface area contributed by atoms with E-state index in [9.17, 15) is 4.79 Å². The smallest absolute Gasteiger partial charge is 0.261 e. The molecule has 0 radical (unpaired) electrons. The average molecular weight is 327 g/mol. The minimum atomic E-state index is -0.570. The van der Waals surface area contributed by atoms with Crippen molar-refractivity contribution in [3.05, 3.63) is 53.1 Å². The van der Waals surface area contributed by atoms with Crippen LogP contribution in [-0.2, 0) is 11.3 Å². The predicted molar refractivity (Wildman–Crippen MR) is 90.4 cm³/mol. The largest absolute Gasteiger partial charge is 0.481 e. The van der Waals surface area contributed by atoms with Gasteiger partial charge in [-0.2, -0.15) is 0 Å². The van der Waals surface area contributed by atoms with Crippen molar-refractivity contribution >= 4 is 5.91 Å². The van der Waals surface area contributed by atoms with Crippen LogP contribution in [0.5, 0.6) is 17.2 Å². The van der Waals surface area contributed by atoms with Crippen LogP contribution >= 0.6 is 0 Å². The molecule has 0 spiro atoms. The molecule has 0 bridgehead atoms. The summed E-state index contributed by atoms with van der Waals surface area (Å²) in [5.41, 5.74) is 3.06. The third-order valence-corrected chi connectivity index (χ3v) is 3.92. The van der Waals surface area contributed by atoms with Gasteiger partial charge in [0.15, 0.2) is 17.6 Å². The van der Waals surface area contributed by atoms with E-state index in [0.717, 1.165) is 28.2 Å². The Hall–Kier alpha value is -2.69. The van der Waals surface area contributed by atoms with Crippen molar-refractivity contribution in [2.75, 3.05) is 6.79 Å². The number of carbonyl (C=O) groups excluding carboxylic acids is 1. The van der Waals surface area contributed by atoms with Gasteiger partial charge in [-0.1, -0.05) is 18.2 Å². The third kappa shape index (κ3) is 3.62. The van der Waals surface area contributed by atoms with Crippen LogP contribution in [0.3, 0.4) is 0 Å². The highest BCUT2D eigenvalue weighted by atomic mass is 16.7. The number of fused-ring (bicyclic) bond motifs is 1. The normalized spacial score (nSPS) is 13.5. The van der Waals surface area contributed by atoms with Gasteiger partial charge >= 0.3 is 0 Å². The van der Waals surface area contributed by atoms with Crippen molar-refractivity contribution in [1.29, 1.82) is 0 Å². The number of ether oxygens (including phenoxy) is 3. The summed E-state index contributed by atoms with van der Waals surface area (Å²) in [6.45, 7) is 6.36. The minimum Gasteiger partial charge on any atom is -0.481 e. The van der Waals surface area contributed by atoms with Gasteiger partial charge in [0.1, 0.15) is 5.75 Å². The Morgan fingerprint density at radius 1 is 1.17 bits per heavy atom. The Balaban J connectivity index is 1.57. The van der Waals surface area contributed by atoms with Gasteiger partial charge in [-0.05, 0) is 55.7 Å². The summed E-state index contributed by atoms with van der Waals surface area (Å²) >= 11 is 0. The number of rotatable bonds is 5. The maximum atomic E-state index is 12.3. The van der Waals surface area contributed by atoms with Crippen molar-refractivity contribution in [2.24, 2.45) is 0 Å². The Bertz CT molecular complexity index is 757. The lowest BCUT2D eigenvalue weighted by molar-refractivity contribution is -0.127. The molecule has 0 unspecified atom stereocenters. The first-order valence-corrected chi connectivity index (χ1v) is 7.93. The first-order valence-electron chi connectivity index (χ1n) is 7.93. The molecule has 0 saturated carbocycles. The second kappa shape index (κ2) is 6.83. The van der Waals surface area contributed by atoms with E-state index in [0.29, 0.717) is 12.3 Å². The highest BCUT2D eigenvalue weighted by Gasteiger charge is 2.17. The lowest BCUT2D eigenvalue weighted by Gasteiger charge is -2.17. The molecule has 0 aromatic heterocycles. The monoisotopic (exact) mass is 327 g/mol. The summed E-state index contributed by atoms with van der Waals surface area (Å²) in [6, 6.07) is 11.6. The average Bonchev–Trinajstić information content (AvgIpc) is 3.03. The van der Waals surface area contributed by atoms with Gasteiger partial charge in [0.05, 0.1) is 0 Å². The standard InChI is InChI=1S/C19H21NO4/c1-12-4-5-13(2)17(8-12)24-14(3)19(21)20-10-15-6-7-16-18(9-15)23-11-22-16/h4-9,14H,10-11H2,1-3H3,(H,20,21)/t14-/m0/s1. The Kier molecular flexibility index (Phi) is 4.60. The highest BCUT2D eigenvalue weighted by molar-refractivity contribution is 5.80. The molecule has 2 aromatic rings. The molecule has 5 nitrogen and oxygen atoms in total. The van der Waals surface area contributed by atoms with Gasteiger partial charge in [0.25, 0.3) is 5.91 Å². The van der Waals surface area contributed by atoms with Crippen molar-refractivity contribution in [2.45, 2.75) is 33.4 Å². The SMILES string of the molecule is Cc1ccc(C)c(O[C@@H](C)C(=O)NCc2ccc3c(c2)OCO3)c1. The van der Waals surface area contributed by atoms with Gasteiger partial charge in [-0.15, -0.1) is 0 Å². The summed E-state index contributed by atoms with van der Waals surface area (Å²) < 4.78 is 16.4. The van der Waals surface area contributed by atoms with Crippen LogP contribution in [0.2, 0.25) is 0 Å². The number of hydrogen-bond donors (Lipinski definition) is 1. The quantitative estimate of drug-likeness (QED) is 0.917. The molecule has 0 aliphatic carbocycles. The molecule has 1 aliphatic heterocycles. The molecule has 0 saturated heterocycles. The molecule has 2 aromatic carbocycles. The van der Waals surface area contributed by atoms with E-state index in [2.05, 4.69) is 5.32 Å². The van der Waals surface area contributed by atoms with E-state index in [1.54, 1.807) is 6.92 Å². The second-order valence-electron chi connectivity index (χ2n) is 5.93. The van der Waals surface area contributed by atoms with Crippen LogP contribution in [0.25, 0.3) is 0 Å². The van der Waals surface area contributed by atoms with Crippen LogP contribution < -0.4 is 19.5 Å². The lowest BCUT2D eigenvalue weighted by atomic mass is 10.1. The highest BCUT2D eigenvalue weighted by Crippen LogP contribution is 2.32. The number of hydrogen-bond acceptors (Lipinski definition) is 4. The molecule has 1 amide bonds. The first kappa shape index (κ1) is 16.2. The number of benzene rings is 2. The summed E-state index contributed by atoms with van der Waals surface area (Å²) in [6.07, 6.45) is -0.570. The van der Waals surface area contributed by atoms with Gasteiger partial charge in [-0.25, -0.2) is 0 Å². The zero-order valence-electron chi connectivity index (χ0n) is 14.1. The Morgan fingerprint density at radius 2 is 1.96 bits per heavy atom. The molecule has 5 heteroatoms. The second-order valence-corrected chi connectivity index (χ2v) is 5.93. The third-order valence-electron chi connectivity index (χ3n) is 3.92. The fourth-order valence-corrected chi connectivity index (χ4v) is 2.46. The van der Waals surface area contributed by atoms with E-state index in [1.807, 2.05) is 50.2 Å². The van der Waals surface area contributed by atoms with Gasteiger partial charge in [0, 0.05) is 6.54 Å². The molecule has 1 N–H and O–H groups in total. The first-order chi connectivity index (χ1) is 11.5. The van der Waals surface area contributed by atoms with Crippen LogP contribution in [0.4, 0.5) is 0 Å². The van der Waals surface area contributed by atoms with E-state index in [1.165, 1.54) is 0 Å². The Labute approximate surface area is 141 Å². The lowest BCUT2D eigenvalue weighted by Crippen LogP contribution is -2.36. The summed E-state index contributed by atoms with van der Waals surface area (Å²) in [4.78, 5) is 12.3. The van der Waals surface area contributed by atoms with Crippen LogP contribution in [0, 0.1) is 13.8 Å².